The maximum atomic E-state index is 11.2. The molecule has 0 aliphatic carbocycles. The van der Waals surface area contributed by atoms with E-state index in [1.54, 1.807) is 7.11 Å². The third-order valence-corrected chi connectivity index (χ3v) is 1.81. The fourth-order valence-corrected chi connectivity index (χ4v) is 0.970. The zero-order chi connectivity index (χ0) is 12.2. The summed E-state index contributed by atoms with van der Waals surface area (Å²) in [5, 5.41) is 5.64. The van der Waals surface area contributed by atoms with Crippen LogP contribution in [0.4, 0.5) is 0 Å². The number of nitrogens with one attached hydrogen (secondary N) is 2. The predicted octanol–water partition coefficient (Wildman–Crippen LogP) is -0.547. The van der Waals surface area contributed by atoms with Crippen LogP contribution in [-0.4, -0.2) is 45.2 Å². The zero-order valence-corrected chi connectivity index (χ0v) is 10.1. The molecular weight excluding hydrogens is 208 g/mol. The van der Waals surface area contributed by atoms with Crippen LogP contribution in [0.15, 0.2) is 4.99 Å². The molecule has 94 valence electrons. The molecule has 0 aliphatic heterocycles. The highest BCUT2D eigenvalue weighted by Gasteiger charge is 1.99. The molecule has 0 aromatic heterocycles. The Morgan fingerprint density at radius 2 is 2.12 bits per heavy atom. The number of ether oxygens (including phenoxy) is 1. The van der Waals surface area contributed by atoms with Crippen LogP contribution in [-0.2, 0) is 9.53 Å². The number of nitrogens with two attached hydrogens (primary N) is 1. The Kier molecular flexibility index (Phi) is 9.39. The van der Waals surface area contributed by atoms with E-state index in [9.17, 15) is 4.79 Å². The van der Waals surface area contributed by atoms with Gasteiger partial charge >= 0.3 is 0 Å². The van der Waals surface area contributed by atoms with Crippen molar-refractivity contribution in [1.29, 1.82) is 0 Å². The summed E-state index contributed by atoms with van der Waals surface area (Å²) in [6.07, 6.45) is 1.35. The average Bonchev–Trinajstić information content (AvgIpc) is 2.26. The summed E-state index contributed by atoms with van der Waals surface area (Å²) in [5.41, 5.74) is 5.55. The molecule has 16 heavy (non-hydrogen) atoms. The summed E-state index contributed by atoms with van der Waals surface area (Å²) in [5.74, 6) is 0.374. The first kappa shape index (κ1) is 14.7. The third kappa shape index (κ3) is 9.26. The van der Waals surface area contributed by atoms with Gasteiger partial charge in [-0.1, -0.05) is 6.92 Å². The number of amides is 1. The molecule has 0 heterocycles. The molecule has 0 fully saturated rings. The molecule has 6 heteroatoms. The van der Waals surface area contributed by atoms with Gasteiger partial charge in [-0.3, -0.25) is 9.79 Å². The molecule has 0 rings (SSSR count). The monoisotopic (exact) mass is 230 g/mol. The SMILES string of the molecule is CCCNC(=O)CCNC(N)=NCCOC. The number of rotatable bonds is 8. The van der Waals surface area contributed by atoms with Gasteiger partial charge in [0.15, 0.2) is 5.96 Å². The van der Waals surface area contributed by atoms with Crippen molar-refractivity contribution in [3.63, 3.8) is 0 Å². The Bertz CT molecular complexity index is 219. The number of carbonyl (C=O) groups excluding carboxylic acids is 1. The second-order valence-corrected chi connectivity index (χ2v) is 3.29. The van der Waals surface area contributed by atoms with Crippen LogP contribution >= 0.6 is 0 Å². The minimum atomic E-state index is 0.0269. The quantitative estimate of drug-likeness (QED) is 0.297. The second-order valence-electron chi connectivity index (χ2n) is 3.29. The van der Waals surface area contributed by atoms with Crippen molar-refractivity contribution in [3.05, 3.63) is 0 Å². The van der Waals surface area contributed by atoms with Crippen LogP contribution in [0.25, 0.3) is 0 Å². The highest BCUT2D eigenvalue weighted by atomic mass is 16.5. The molecule has 0 saturated heterocycles. The van der Waals surface area contributed by atoms with E-state index in [4.69, 9.17) is 10.5 Å². The Morgan fingerprint density at radius 1 is 1.38 bits per heavy atom. The van der Waals surface area contributed by atoms with Crippen molar-refractivity contribution in [2.24, 2.45) is 10.7 Å². The molecule has 0 aromatic rings. The molecule has 6 nitrogen and oxygen atoms in total. The summed E-state index contributed by atoms with van der Waals surface area (Å²) < 4.78 is 4.82. The van der Waals surface area contributed by atoms with Gasteiger partial charge in [-0.05, 0) is 6.42 Å². The lowest BCUT2D eigenvalue weighted by atomic mass is 10.4. The van der Waals surface area contributed by atoms with E-state index in [2.05, 4.69) is 15.6 Å². The minimum absolute atomic E-state index is 0.0269. The van der Waals surface area contributed by atoms with Crippen molar-refractivity contribution in [2.75, 3.05) is 33.4 Å². The highest BCUT2D eigenvalue weighted by molar-refractivity contribution is 5.79. The van der Waals surface area contributed by atoms with Gasteiger partial charge in [0.1, 0.15) is 0 Å². The Labute approximate surface area is 96.6 Å². The van der Waals surface area contributed by atoms with Crippen LogP contribution in [0, 0.1) is 0 Å². The zero-order valence-electron chi connectivity index (χ0n) is 10.1. The van der Waals surface area contributed by atoms with Gasteiger partial charge in [-0.15, -0.1) is 0 Å². The first-order valence-electron chi connectivity index (χ1n) is 5.50. The molecule has 0 bridgehead atoms. The van der Waals surface area contributed by atoms with Gasteiger partial charge < -0.3 is 21.1 Å². The van der Waals surface area contributed by atoms with Crippen LogP contribution in [0.1, 0.15) is 19.8 Å². The lowest BCUT2D eigenvalue weighted by Gasteiger charge is -2.06. The Hall–Kier alpha value is -1.30. The van der Waals surface area contributed by atoms with E-state index < -0.39 is 0 Å². The number of hydrogen-bond acceptors (Lipinski definition) is 3. The van der Waals surface area contributed by atoms with E-state index in [-0.39, 0.29) is 5.91 Å². The van der Waals surface area contributed by atoms with E-state index in [1.807, 2.05) is 6.92 Å². The third-order valence-electron chi connectivity index (χ3n) is 1.81. The highest BCUT2D eigenvalue weighted by Crippen LogP contribution is 1.79. The molecule has 0 radical (unpaired) electrons. The smallest absolute Gasteiger partial charge is 0.221 e. The minimum Gasteiger partial charge on any atom is -0.383 e. The van der Waals surface area contributed by atoms with Crippen molar-refractivity contribution in [1.82, 2.24) is 10.6 Å². The van der Waals surface area contributed by atoms with Gasteiger partial charge in [-0.25, -0.2) is 0 Å². The first-order chi connectivity index (χ1) is 7.70. The van der Waals surface area contributed by atoms with Crippen LogP contribution in [0.5, 0.6) is 0 Å². The van der Waals surface area contributed by atoms with Gasteiger partial charge in [0.05, 0.1) is 13.2 Å². The van der Waals surface area contributed by atoms with Crippen molar-refractivity contribution < 1.29 is 9.53 Å². The summed E-state index contributed by atoms with van der Waals surface area (Å²) in [7, 11) is 1.61. The number of carbonyl (C=O) groups is 1. The number of methoxy groups -OCH3 is 1. The second kappa shape index (κ2) is 10.2. The summed E-state index contributed by atoms with van der Waals surface area (Å²) >= 11 is 0. The standard InChI is InChI=1S/C10H22N4O2/c1-3-5-12-9(15)4-6-13-10(11)14-7-8-16-2/h3-8H2,1-2H3,(H,12,15)(H3,11,13,14). The number of hydrogen-bond donors (Lipinski definition) is 3. The summed E-state index contributed by atoms with van der Waals surface area (Å²) in [6, 6.07) is 0. The van der Waals surface area contributed by atoms with Crippen molar-refractivity contribution in [3.8, 4) is 0 Å². The Balaban J connectivity index is 3.49. The van der Waals surface area contributed by atoms with Crippen molar-refractivity contribution >= 4 is 11.9 Å². The topological polar surface area (TPSA) is 88.7 Å². The summed E-state index contributed by atoms with van der Waals surface area (Å²) in [4.78, 5) is 15.2. The van der Waals surface area contributed by atoms with Crippen LogP contribution < -0.4 is 16.4 Å². The number of nitrogens with zero attached hydrogens (tertiary/aromatic N) is 1. The molecule has 1 amide bonds. The molecular formula is C10H22N4O2. The predicted molar refractivity (Wildman–Crippen MR) is 64.3 cm³/mol. The molecule has 0 aromatic carbocycles. The molecule has 0 spiro atoms. The maximum absolute atomic E-state index is 11.2. The van der Waals surface area contributed by atoms with Crippen LogP contribution in [0.3, 0.4) is 0 Å². The molecule has 4 N–H and O–H groups in total. The lowest BCUT2D eigenvalue weighted by molar-refractivity contribution is -0.120. The fraction of sp³-hybridized carbons (Fsp3) is 0.800. The summed E-state index contributed by atoms with van der Waals surface area (Å²) in [6.45, 7) is 4.30. The largest absolute Gasteiger partial charge is 0.383 e. The first-order valence-corrected chi connectivity index (χ1v) is 5.50. The van der Waals surface area contributed by atoms with E-state index in [0.29, 0.717) is 32.1 Å². The molecule has 0 atom stereocenters. The van der Waals surface area contributed by atoms with Crippen LogP contribution in [0.2, 0.25) is 0 Å². The molecule has 0 unspecified atom stereocenters. The number of guanidine groups is 1. The van der Waals surface area contributed by atoms with Gasteiger partial charge in [-0.2, -0.15) is 0 Å². The Morgan fingerprint density at radius 3 is 2.75 bits per heavy atom. The van der Waals surface area contributed by atoms with Crippen molar-refractivity contribution in [2.45, 2.75) is 19.8 Å². The number of aliphatic imine (C=N–C) groups is 1. The van der Waals surface area contributed by atoms with Gasteiger partial charge in [0.2, 0.25) is 5.91 Å². The van der Waals surface area contributed by atoms with E-state index in [1.165, 1.54) is 0 Å². The molecule has 0 saturated carbocycles. The average molecular weight is 230 g/mol. The fourth-order valence-electron chi connectivity index (χ4n) is 0.970. The normalized spacial score (nSPS) is 11.2. The van der Waals surface area contributed by atoms with E-state index >= 15 is 0 Å². The maximum Gasteiger partial charge on any atom is 0.221 e. The van der Waals surface area contributed by atoms with E-state index in [0.717, 1.165) is 13.0 Å². The van der Waals surface area contributed by atoms with Gasteiger partial charge in [0.25, 0.3) is 0 Å². The lowest BCUT2D eigenvalue weighted by Crippen LogP contribution is -2.35. The van der Waals surface area contributed by atoms with Gasteiger partial charge in [0, 0.05) is 26.6 Å². The molecule has 0 aliphatic rings.